The van der Waals surface area contributed by atoms with E-state index in [2.05, 4.69) is 15.6 Å². The summed E-state index contributed by atoms with van der Waals surface area (Å²) < 4.78 is 10.4. The Morgan fingerprint density at radius 3 is 2.61 bits per heavy atom. The van der Waals surface area contributed by atoms with Gasteiger partial charge in [-0.25, -0.2) is 4.98 Å². The zero-order valence-electron chi connectivity index (χ0n) is 15.4. The molecular weight excluding hydrogens is 386 g/mol. The van der Waals surface area contributed by atoms with Crippen LogP contribution < -0.4 is 15.4 Å². The molecule has 0 spiro atoms. The van der Waals surface area contributed by atoms with Gasteiger partial charge in [-0.3, -0.25) is 14.4 Å². The van der Waals surface area contributed by atoms with Crippen molar-refractivity contribution < 1.29 is 23.9 Å². The third-order valence-electron chi connectivity index (χ3n) is 3.48. The fourth-order valence-electron chi connectivity index (χ4n) is 2.15. The number of carbonyl (C=O) groups is 3. The van der Waals surface area contributed by atoms with Gasteiger partial charge < -0.3 is 20.1 Å². The van der Waals surface area contributed by atoms with Gasteiger partial charge in [0, 0.05) is 6.20 Å². The number of amides is 2. The van der Waals surface area contributed by atoms with Crippen LogP contribution in [0.2, 0.25) is 5.02 Å². The lowest BCUT2D eigenvalue weighted by Gasteiger charge is -2.14. The Morgan fingerprint density at radius 2 is 1.93 bits per heavy atom. The van der Waals surface area contributed by atoms with E-state index in [1.807, 2.05) is 0 Å². The number of rotatable bonds is 8. The Hall–Kier alpha value is -3.13. The largest absolute Gasteiger partial charge is 0.493 e. The molecule has 0 bridgehead atoms. The molecule has 0 aliphatic heterocycles. The summed E-state index contributed by atoms with van der Waals surface area (Å²) in [6.07, 6.45) is 0.307. The van der Waals surface area contributed by atoms with Gasteiger partial charge in [0.25, 0.3) is 11.8 Å². The number of nitrogens with one attached hydrogen (secondary N) is 2. The average Bonchev–Trinajstić information content (AvgIpc) is 2.68. The van der Waals surface area contributed by atoms with Crippen LogP contribution in [-0.2, 0) is 14.3 Å². The van der Waals surface area contributed by atoms with Crippen molar-refractivity contribution in [2.24, 2.45) is 0 Å². The molecule has 2 rings (SSSR count). The second-order valence-corrected chi connectivity index (χ2v) is 6.03. The molecular formula is C19H20ClN3O5. The van der Waals surface area contributed by atoms with Crippen molar-refractivity contribution in [1.29, 1.82) is 0 Å². The standard InChI is InChI=1S/C19H20ClN3O5/c1-3-27-15-7-5-4-6-14(15)19(26)22-11-17(24)28-12(2)18(25)23-16-9-8-13(20)10-21-16/h4-10,12H,3,11H2,1-2H3,(H,22,26)(H,21,23,25)/t12-/m1/s1. The molecule has 2 amide bonds. The summed E-state index contributed by atoms with van der Waals surface area (Å²) in [5.74, 6) is -1.11. The van der Waals surface area contributed by atoms with Gasteiger partial charge in [-0.15, -0.1) is 0 Å². The first kappa shape index (κ1) is 21.2. The second kappa shape index (κ2) is 10.3. The molecule has 1 aromatic heterocycles. The number of nitrogens with zero attached hydrogens (tertiary/aromatic N) is 1. The molecule has 0 saturated carbocycles. The van der Waals surface area contributed by atoms with Gasteiger partial charge in [0.15, 0.2) is 6.10 Å². The maximum atomic E-state index is 12.2. The maximum absolute atomic E-state index is 12.2. The molecule has 8 nitrogen and oxygen atoms in total. The van der Waals surface area contributed by atoms with Crippen molar-refractivity contribution in [2.75, 3.05) is 18.5 Å². The summed E-state index contributed by atoms with van der Waals surface area (Å²) in [5, 5.41) is 5.37. The number of ether oxygens (including phenoxy) is 2. The molecule has 148 valence electrons. The normalized spacial score (nSPS) is 11.2. The zero-order chi connectivity index (χ0) is 20.5. The SMILES string of the molecule is CCOc1ccccc1C(=O)NCC(=O)O[C@H](C)C(=O)Nc1ccc(Cl)cn1. The van der Waals surface area contributed by atoms with E-state index in [0.29, 0.717) is 22.9 Å². The number of anilines is 1. The first-order valence-corrected chi connectivity index (χ1v) is 8.90. The average molecular weight is 406 g/mol. The minimum Gasteiger partial charge on any atom is -0.493 e. The van der Waals surface area contributed by atoms with Crippen LogP contribution in [0, 0.1) is 0 Å². The lowest BCUT2D eigenvalue weighted by atomic mass is 10.2. The minimum absolute atomic E-state index is 0.276. The van der Waals surface area contributed by atoms with Crippen LogP contribution in [0.5, 0.6) is 5.75 Å². The van der Waals surface area contributed by atoms with Gasteiger partial charge in [0.1, 0.15) is 18.1 Å². The first-order valence-electron chi connectivity index (χ1n) is 8.52. The summed E-state index contributed by atoms with van der Waals surface area (Å²) in [4.78, 5) is 40.1. The monoisotopic (exact) mass is 405 g/mol. The van der Waals surface area contributed by atoms with E-state index in [-0.39, 0.29) is 5.82 Å². The van der Waals surface area contributed by atoms with E-state index < -0.39 is 30.4 Å². The Morgan fingerprint density at radius 1 is 1.18 bits per heavy atom. The number of carbonyl (C=O) groups excluding carboxylic acids is 3. The molecule has 1 atom stereocenters. The molecule has 0 saturated heterocycles. The number of para-hydroxylation sites is 1. The second-order valence-electron chi connectivity index (χ2n) is 5.59. The number of pyridine rings is 1. The molecule has 2 aromatic rings. The predicted molar refractivity (Wildman–Crippen MR) is 103 cm³/mol. The van der Waals surface area contributed by atoms with E-state index in [4.69, 9.17) is 21.1 Å². The number of hydrogen-bond acceptors (Lipinski definition) is 6. The maximum Gasteiger partial charge on any atom is 0.326 e. The van der Waals surface area contributed by atoms with Crippen molar-refractivity contribution in [2.45, 2.75) is 20.0 Å². The van der Waals surface area contributed by atoms with Gasteiger partial charge in [0.2, 0.25) is 0 Å². The molecule has 9 heteroatoms. The quantitative estimate of drug-likeness (QED) is 0.653. The summed E-state index contributed by atoms with van der Waals surface area (Å²) >= 11 is 5.72. The predicted octanol–water partition coefficient (Wildman–Crippen LogP) is 2.43. The highest BCUT2D eigenvalue weighted by Crippen LogP contribution is 2.17. The van der Waals surface area contributed by atoms with Crippen LogP contribution in [0.1, 0.15) is 24.2 Å². The van der Waals surface area contributed by atoms with Gasteiger partial charge in [-0.1, -0.05) is 23.7 Å². The van der Waals surface area contributed by atoms with Crippen LogP contribution in [-0.4, -0.2) is 42.0 Å². The summed E-state index contributed by atoms with van der Waals surface area (Å²) in [6.45, 7) is 3.23. The third-order valence-corrected chi connectivity index (χ3v) is 3.70. The Bertz CT molecular complexity index is 842. The van der Waals surface area contributed by atoms with Crippen LogP contribution in [0.15, 0.2) is 42.6 Å². The highest BCUT2D eigenvalue weighted by molar-refractivity contribution is 6.30. The summed E-state index contributed by atoms with van der Waals surface area (Å²) in [7, 11) is 0. The summed E-state index contributed by atoms with van der Waals surface area (Å²) in [6, 6.07) is 9.76. The molecule has 2 N–H and O–H groups in total. The van der Waals surface area contributed by atoms with Gasteiger partial charge in [-0.2, -0.15) is 0 Å². The minimum atomic E-state index is -1.07. The van der Waals surface area contributed by atoms with E-state index in [1.165, 1.54) is 19.2 Å². The molecule has 0 fully saturated rings. The van der Waals surface area contributed by atoms with E-state index in [0.717, 1.165) is 0 Å². The first-order chi connectivity index (χ1) is 13.4. The number of aromatic nitrogens is 1. The zero-order valence-corrected chi connectivity index (χ0v) is 16.2. The fourth-order valence-corrected chi connectivity index (χ4v) is 2.27. The van der Waals surface area contributed by atoms with E-state index in [9.17, 15) is 14.4 Å². The lowest BCUT2D eigenvalue weighted by Crippen LogP contribution is -2.36. The molecule has 1 aromatic carbocycles. The summed E-state index contributed by atoms with van der Waals surface area (Å²) in [5.41, 5.74) is 0.303. The van der Waals surface area contributed by atoms with Crippen molar-refractivity contribution in [1.82, 2.24) is 10.3 Å². The van der Waals surface area contributed by atoms with Crippen molar-refractivity contribution in [3.8, 4) is 5.75 Å². The topological polar surface area (TPSA) is 107 Å². The Balaban J connectivity index is 1.83. The number of halogens is 1. The van der Waals surface area contributed by atoms with Crippen molar-refractivity contribution in [3.63, 3.8) is 0 Å². The van der Waals surface area contributed by atoms with Crippen molar-refractivity contribution in [3.05, 3.63) is 53.2 Å². The molecule has 1 heterocycles. The molecule has 0 radical (unpaired) electrons. The Kier molecular flexibility index (Phi) is 7.76. The number of esters is 1. The molecule has 0 aliphatic rings. The van der Waals surface area contributed by atoms with Crippen LogP contribution in [0.25, 0.3) is 0 Å². The highest BCUT2D eigenvalue weighted by atomic mass is 35.5. The van der Waals surface area contributed by atoms with Crippen molar-refractivity contribution >= 4 is 35.2 Å². The smallest absolute Gasteiger partial charge is 0.326 e. The van der Waals surface area contributed by atoms with Gasteiger partial charge in [0.05, 0.1) is 17.2 Å². The third kappa shape index (κ3) is 6.24. The molecule has 0 unspecified atom stereocenters. The molecule has 28 heavy (non-hydrogen) atoms. The van der Waals surface area contributed by atoms with Crippen LogP contribution in [0.3, 0.4) is 0 Å². The molecule has 0 aliphatic carbocycles. The number of hydrogen-bond donors (Lipinski definition) is 2. The number of benzene rings is 1. The lowest BCUT2D eigenvalue weighted by molar-refractivity contribution is -0.152. The van der Waals surface area contributed by atoms with E-state index >= 15 is 0 Å². The fraction of sp³-hybridized carbons (Fsp3) is 0.263. The van der Waals surface area contributed by atoms with E-state index in [1.54, 1.807) is 37.3 Å². The van der Waals surface area contributed by atoms with Gasteiger partial charge in [-0.05, 0) is 38.1 Å². The van der Waals surface area contributed by atoms with Crippen LogP contribution >= 0.6 is 11.6 Å². The van der Waals surface area contributed by atoms with Gasteiger partial charge >= 0.3 is 5.97 Å². The highest BCUT2D eigenvalue weighted by Gasteiger charge is 2.19. The van der Waals surface area contributed by atoms with Crippen LogP contribution in [0.4, 0.5) is 5.82 Å². The Labute approximate surface area is 167 Å².